The molecule has 11 heavy (non-hydrogen) atoms. The summed E-state index contributed by atoms with van der Waals surface area (Å²) in [5.41, 5.74) is 0. The van der Waals surface area contributed by atoms with Crippen molar-refractivity contribution >= 4 is 0 Å². The van der Waals surface area contributed by atoms with Crippen LogP contribution in [0.5, 0.6) is 0 Å². The molecule has 2 nitrogen and oxygen atoms in total. The molecule has 1 rings (SSSR count). The second kappa shape index (κ2) is 4.07. The Morgan fingerprint density at radius 1 is 1.09 bits per heavy atom. The van der Waals surface area contributed by atoms with E-state index in [0.717, 1.165) is 18.8 Å². The van der Waals surface area contributed by atoms with Gasteiger partial charge in [-0.2, -0.15) is 0 Å². The van der Waals surface area contributed by atoms with E-state index in [4.69, 9.17) is 10.2 Å². The first kappa shape index (κ1) is 9.01. The molecule has 0 bridgehead atoms. The molecule has 0 aromatic rings. The molecule has 2 heteroatoms. The Labute approximate surface area is 68.2 Å². The van der Waals surface area contributed by atoms with Gasteiger partial charge in [-0.15, -0.1) is 0 Å². The molecule has 66 valence electrons. The van der Waals surface area contributed by atoms with Crippen molar-refractivity contribution in [2.24, 2.45) is 17.8 Å². The van der Waals surface area contributed by atoms with Crippen molar-refractivity contribution in [1.29, 1.82) is 0 Å². The summed E-state index contributed by atoms with van der Waals surface area (Å²) in [6.07, 6.45) is 3.38. The molecule has 1 aliphatic rings. The van der Waals surface area contributed by atoms with Crippen molar-refractivity contribution < 1.29 is 10.2 Å². The van der Waals surface area contributed by atoms with Gasteiger partial charge in [0.15, 0.2) is 0 Å². The molecule has 1 aliphatic carbocycles. The van der Waals surface area contributed by atoms with E-state index in [-0.39, 0.29) is 13.2 Å². The molecule has 2 N–H and O–H groups in total. The Morgan fingerprint density at radius 3 is 2.27 bits per heavy atom. The smallest absolute Gasteiger partial charge is 0.0462 e. The van der Waals surface area contributed by atoms with E-state index in [9.17, 15) is 0 Å². The van der Waals surface area contributed by atoms with Gasteiger partial charge in [-0.05, 0) is 30.6 Å². The van der Waals surface area contributed by atoms with Crippen molar-refractivity contribution in [2.45, 2.75) is 26.2 Å². The highest BCUT2D eigenvalue weighted by Crippen LogP contribution is 2.32. The maximum Gasteiger partial charge on any atom is 0.0462 e. The first-order chi connectivity index (χ1) is 5.27. The molecule has 0 radical (unpaired) electrons. The van der Waals surface area contributed by atoms with Gasteiger partial charge in [-0.25, -0.2) is 0 Å². The summed E-state index contributed by atoms with van der Waals surface area (Å²) in [6, 6.07) is 0. The normalized spacial score (nSPS) is 39.0. The molecule has 1 saturated carbocycles. The molecule has 0 aromatic heterocycles. The van der Waals surface area contributed by atoms with E-state index in [2.05, 4.69) is 6.92 Å². The highest BCUT2D eigenvalue weighted by atomic mass is 16.3. The van der Waals surface area contributed by atoms with Crippen LogP contribution in [0.1, 0.15) is 26.2 Å². The van der Waals surface area contributed by atoms with E-state index >= 15 is 0 Å². The molecule has 0 aliphatic heterocycles. The van der Waals surface area contributed by atoms with Gasteiger partial charge < -0.3 is 10.2 Å². The maximum absolute atomic E-state index is 9.00. The van der Waals surface area contributed by atoms with Crippen LogP contribution < -0.4 is 0 Å². The number of aliphatic hydroxyl groups excluding tert-OH is 2. The molecular weight excluding hydrogens is 140 g/mol. The van der Waals surface area contributed by atoms with Crippen LogP contribution in [0.4, 0.5) is 0 Å². The third-order valence-electron chi connectivity index (χ3n) is 2.87. The van der Waals surface area contributed by atoms with Crippen LogP contribution in [0.3, 0.4) is 0 Å². The molecule has 0 unspecified atom stereocenters. The number of hydrogen-bond acceptors (Lipinski definition) is 2. The second-order valence-electron chi connectivity index (χ2n) is 3.80. The second-order valence-corrected chi connectivity index (χ2v) is 3.80. The van der Waals surface area contributed by atoms with Crippen LogP contribution in [0.2, 0.25) is 0 Å². The monoisotopic (exact) mass is 158 g/mol. The van der Waals surface area contributed by atoms with Crippen molar-refractivity contribution in [3.63, 3.8) is 0 Å². The average Bonchev–Trinajstić information content (AvgIpc) is 2.04. The lowest BCUT2D eigenvalue weighted by molar-refractivity contribution is 0.0686. The quantitative estimate of drug-likeness (QED) is 0.630. The zero-order valence-electron chi connectivity index (χ0n) is 7.16. The van der Waals surface area contributed by atoms with Crippen molar-refractivity contribution in [2.75, 3.05) is 13.2 Å². The predicted molar refractivity (Wildman–Crippen MR) is 44.2 cm³/mol. The van der Waals surface area contributed by atoms with Crippen LogP contribution in [-0.4, -0.2) is 23.4 Å². The fraction of sp³-hybridized carbons (Fsp3) is 1.00. The Kier molecular flexibility index (Phi) is 3.34. The van der Waals surface area contributed by atoms with Gasteiger partial charge in [0.2, 0.25) is 0 Å². The average molecular weight is 158 g/mol. The van der Waals surface area contributed by atoms with Gasteiger partial charge in [0.1, 0.15) is 0 Å². The summed E-state index contributed by atoms with van der Waals surface area (Å²) in [5.74, 6) is 1.44. The molecule has 0 spiro atoms. The molecule has 1 fully saturated rings. The van der Waals surface area contributed by atoms with Crippen LogP contribution in [0.25, 0.3) is 0 Å². The van der Waals surface area contributed by atoms with E-state index in [1.807, 2.05) is 0 Å². The number of rotatable bonds is 2. The zero-order chi connectivity index (χ0) is 8.27. The van der Waals surface area contributed by atoms with Crippen LogP contribution in [0, 0.1) is 17.8 Å². The van der Waals surface area contributed by atoms with Crippen LogP contribution in [0.15, 0.2) is 0 Å². The third-order valence-corrected chi connectivity index (χ3v) is 2.87. The molecule has 0 saturated heterocycles. The SMILES string of the molecule is C[C@H]1CC[C@H](CO)[C@H](CO)C1. The van der Waals surface area contributed by atoms with E-state index < -0.39 is 0 Å². The third kappa shape index (κ3) is 2.17. The molecule has 0 heterocycles. The fourth-order valence-corrected chi connectivity index (χ4v) is 2.03. The molecular formula is C9H18O2. The Bertz CT molecular complexity index is 114. The van der Waals surface area contributed by atoms with Crippen molar-refractivity contribution in [3.05, 3.63) is 0 Å². The summed E-state index contributed by atoms with van der Waals surface area (Å²) in [4.78, 5) is 0. The Hall–Kier alpha value is -0.0800. The summed E-state index contributed by atoms with van der Waals surface area (Å²) < 4.78 is 0. The zero-order valence-corrected chi connectivity index (χ0v) is 7.16. The highest BCUT2D eigenvalue weighted by Gasteiger charge is 2.27. The van der Waals surface area contributed by atoms with Gasteiger partial charge in [-0.3, -0.25) is 0 Å². The number of aliphatic hydroxyl groups is 2. The first-order valence-electron chi connectivity index (χ1n) is 4.49. The predicted octanol–water partition coefficient (Wildman–Crippen LogP) is 1.02. The molecule has 3 atom stereocenters. The topological polar surface area (TPSA) is 40.5 Å². The summed E-state index contributed by atoms with van der Waals surface area (Å²) in [6.45, 7) is 2.71. The van der Waals surface area contributed by atoms with Crippen LogP contribution in [-0.2, 0) is 0 Å². The molecule has 0 amide bonds. The van der Waals surface area contributed by atoms with Crippen LogP contribution >= 0.6 is 0 Å². The first-order valence-corrected chi connectivity index (χ1v) is 4.49. The van der Waals surface area contributed by atoms with Gasteiger partial charge in [0.05, 0.1) is 0 Å². The number of hydrogen-bond donors (Lipinski definition) is 2. The summed E-state index contributed by atoms with van der Waals surface area (Å²) in [7, 11) is 0. The molecule has 0 aromatic carbocycles. The van der Waals surface area contributed by atoms with Gasteiger partial charge in [-0.1, -0.05) is 13.3 Å². The standard InChI is InChI=1S/C9H18O2/c1-7-2-3-8(5-10)9(4-7)6-11/h7-11H,2-6H2,1H3/t7-,8+,9-/m0/s1. The minimum absolute atomic E-state index is 0.246. The minimum atomic E-state index is 0.246. The van der Waals surface area contributed by atoms with E-state index in [1.165, 1.54) is 6.42 Å². The maximum atomic E-state index is 9.00. The van der Waals surface area contributed by atoms with Crippen molar-refractivity contribution in [1.82, 2.24) is 0 Å². The van der Waals surface area contributed by atoms with Gasteiger partial charge in [0.25, 0.3) is 0 Å². The highest BCUT2D eigenvalue weighted by molar-refractivity contribution is 4.77. The fourth-order valence-electron chi connectivity index (χ4n) is 2.03. The Balaban J connectivity index is 2.41. The lowest BCUT2D eigenvalue weighted by Gasteiger charge is -2.32. The summed E-state index contributed by atoms with van der Waals surface area (Å²) in [5, 5.41) is 18.0. The van der Waals surface area contributed by atoms with E-state index in [1.54, 1.807) is 0 Å². The lowest BCUT2D eigenvalue weighted by Crippen LogP contribution is -2.28. The van der Waals surface area contributed by atoms with Gasteiger partial charge in [0, 0.05) is 13.2 Å². The largest absolute Gasteiger partial charge is 0.396 e. The lowest BCUT2D eigenvalue weighted by atomic mass is 9.75. The van der Waals surface area contributed by atoms with Crippen molar-refractivity contribution in [3.8, 4) is 0 Å². The minimum Gasteiger partial charge on any atom is -0.396 e. The van der Waals surface area contributed by atoms with Gasteiger partial charge >= 0.3 is 0 Å². The summed E-state index contributed by atoms with van der Waals surface area (Å²) >= 11 is 0. The Morgan fingerprint density at radius 2 is 1.73 bits per heavy atom. The van der Waals surface area contributed by atoms with E-state index in [0.29, 0.717) is 11.8 Å².